The highest BCUT2D eigenvalue weighted by Gasteiger charge is 2.11. The van der Waals surface area contributed by atoms with E-state index in [0.717, 1.165) is 6.42 Å². The topological polar surface area (TPSA) is 20.3 Å². The van der Waals surface area contributed by atoms with Gasteiger partial charge in [-0.3, -0.25) is 4.79 Å². The molecule has 1 aromatic rings. The van der Waals surface area contributed by atoms with E-state index in [2.05, 4.69) is 15.9 Å². The van der Waals surface area contributed by atoms with Gasteiger partial charge in [0.1, 0.15) is 5.82 Å². The maximum atomic E-state index is 12.7. The molecule has 0 aromatic heterocycles. The highest BCUT2D eigenvalue weighted by molar-refractivity contribution is 9.09. The van der Waals surface area contributed by atoms with E-state index in [4.69, 9.17) is 0 Å². The van der Waals surface area contributed by atoms with Gasteiger partial charge in [-0.25, -0.2) is 4.39 Å². The fourth-order valence-corrected chi connectivity index (χ4v) is 1.49. The number of halogens is 2. The van der Waals surface area contributed by atoms with Gasteiger partial charge in [-0.05, 0) is 30.7 Å². The van der Waals surface area contributed by atoms with E-state index in [-0.39, 0.29) is 11.7 Å². The number of hydrogen-bond acceptors (Lipinski definition) is 1. The second kappa shape index (κ2) is 5.99. The van der Waals surface area contributed by atoms with Gasteiger partial charge in [-0.1, -0.05) is 22.9 Å². The molecule has 1 aromatic carbocycles. The number of benzene rings is 1. The maximum Gasteiger partial charge on any atom is 0.253 e. The second-order valence-electron chi connectivity index (χ2n) is 3.80. The summed E-state index contributed by atoms with van der Waals surface area (Å²) in [5, 5.41) is 0. The van der Waals surface area contributed by atoms with Crippen LogP contribution in [-0.4, -0.2) is 29.2 Å². The molecule has 1 rings (SSSR count). The van der Waals surface area contributed by atoms with E-state index < -0.39 is 0 Å². The first-order chi connectivity index (χ1) is 7.50. The van der Waals surface area contributed by atoms with Crippen molar-refractivity contribution < 1.29 is 9.18 Å². The Labute approximate surface area is 104 Å². The molecule has 16 heavy (non-hydrogen) atoms. The van der Waals surface area contributed by atoms with Crippen LogP contribution in [0.5, 0.6) is 0 Å². The molecule has 0 aliphatic carbocycles. The van der Waals surface area contributed by atoms with Gasteiger partial charge in [-0.2, -0.15) is 0 Å². The van der Waals surface area contributed by atoms with Crippen molar-refractivity contribution in [1.82, 2.24) is 4.90 Å². The molecule has 0 aliphatic heterocycles. The van der Waals surface area contributed by atoms with E-state index in [0.29, 0.717) is 16.9 Å². The molecule has 0 fully saturated rings. The normalized spacial score (nSPS) is 12.2. The van der Waals surface area contributed by atoms with E-state index in [9.17, 15) is 9.18 Å². The van der Waals surface area contributed by atoms with Crippen LogP contribution in [0.2, 0.25) is 0 Å². The lowest BCUT2D eigenvalue weighted by Crippen LogP contribution is -2.28. The van der Waals surface area contributed by atoms with Gasteiger partial charge < -0.3 is 4.90 Å². The molecule has 1 amide bonds. The summed E-state index contributed by atoms with van der Waals surface area (Å²) in [6, 6.07) is 5.61. The summed E-state index contributed by atoms with van der Waals surface area (Å²) in [7, 11) is 1.75. The number of carbonyl (C=O) groups excluding carboxylic acids is 1. The highest BCUT2D eigenvalue weighted by atomic mass is 79.9. The Hall–Kier alpha value is -0.900. The number of rotatable bonds is 4. The van der Waals surface area contributed by atoms with Crippen LogP contribution in [0.15, 0.2) is 24.3 Å². The van der Waals surface area contributed by atoms with Gasteiger partial charge in [0.05, 0.1) is 0 Å². The van der Waals surface area contributed by atoms with E-state index in [1.807, 2.05) is 6.92 Å². The first-order valence-electron chi connectivity index (χ1n) is 5.16. The lowest BCUT2D eigenvalue weighted by atomic mass is 10.2. The summed E-state index contributed by atoms with van der Waals surface area (Å²) in [5.41, 5.74) is 0.520. The molecule has 1 atom stereocenters. The molecular weight excluding hydrogens is 273 g/mol. The van der Waals surface area contributed by atoms with Crippen molar-refractivity contribution in [1.29, 1.82) is 0 Å². The minimum Gasteiger partial charge on any atom is -0.342 e. The molecule has 0 saturated heterocycles. The lowest BCUT2D eigenvalue weighted by molar-refractivity contribution is 0.0794. The molecule has 0 saturated carbocycles. The van der Waals surface area contributed by atoms with Crippen molar-refractivity contribution in [2.75, 3.05) is 13.6 Å². The third-order valence-corrected chi connectivity index (χ3v) is 2.76. The summed E-state index contributed by atoms with van der Waals surface area (Å²) in [6.45, 7) is 2.72. The number of carbonyl (C=O) groups is 1. The predicted molar refractivity (Wildman–Crippen MR) is 66.4 cm³/mol. The molecule has 0 N–H and O–H groups in total. The monoisotopic (exact) mass is 287 g/mol. The summed E-state index contributed by atoms with van der Waals surface area (Å²) >= 11 is 3.43. The van der Waals surface area contributed by atoms with Crippen LogP contribution < -0.4 is 0 Å². The Bertz CT molecular complexity index is 351. The average Bonchev–Trinajstić information content (AvgIpc) is 2.26. The van der Waals surface area contributed by atoms with Crippen LogP contribution >= 0.6 is 15.9 Å². The minimum atomic E-state index is -0.326. The fourth-order valence-electron chi connectivity index (χ4n) is 1.29. The standard InChI is InChI=1S/C12H15BrFNO/c1-9(13)7-8-15(2)12(16)10-3-5-11(14)6-4-10/h3-6,9H,7-8H2,1-2H3. The number of hydrogen-bond donors (Lipinski definition) is 0. The molecule has 1 unspecified atom stereocenters. The zero-order valence-corrected chi connectivity index (χ0v) is 11.0. The van der Waals surface area contributed by atoms with Crippen LogP contribution in [0.1, 0.15) is 23.7 Å². The van der Waals surface area contributed by atoms with Crippen LogP contribution in [0.4, 0.5) is 4.39 Å². The predicted octanol–water partition coefficient (Wildman–Crippen LogP) is 3.07. The minimum absolute atomic E-state index is 0.0758. The van der Waals surface area contributed by atoms with E-state index in [1.54, 1.807) is 11.9 Å². The van der Waals surface area contributed by atoms with Crippen LogP contribution in [0.3, 0.4) is 0 Å². The molecule has 0 heterocycles. The van der Waals surface area contributed by atoms with Crippen molar-refractivity contribution in [2.45, 2.75) is 18.2 Å². The van der Waals surface area contributed by atoms with Crippen molar-refractivity contribution in [2.24, 2.45) is 0 Å². The lowest BCUT2D eigenvalue weighted by Gasteiger charge is -2.17. The summed E-state index contributed by atoms with van der Waals surface area (Å²) in [4.78, 5) is 13.9. The molecule has 88 valence electrons. The van der Waals surface area contributed by atoms with Gasteiger partial charge in [0, 0.05) is 24.0 Å². The zero-order chi connectivity index (χ0) is 12.1. The van der Waals surface area contributed by atoms with Crippen molar-refractivity contribution in [3.8, 4) is 0 Å². The highest BCUT2D eigenvalue weighted by Crippen LogP contribution is 2.08. The van der Waals surface area contributed by atoms with Crippen LogP contribution in [0.25, 0.3) is 0 Å². The SMILES string of the molecule is CC(Br)CCN(C)C(=O)c1ccc(F)cc1. The Morgan fingerprint density at radius 1 is 1.44 bits per heavy atom. The Morgan fingerprint density at radius 3 is 2.50 bits per heavy atom. The quantitative estimate of drug-likeness (QED) is 0.780. The van der Waals surface area contributed by atoms with E-state index >= 15 is 0 Å². The van der Waals surface area contributed by atoms with Gasteiger partial charge >= 0.3 is 0 Å². The molecule has 0 spiro atoms. The Kier molecular flexibility index (Phi) is 4.93. The summed E-state index contributed by atoms with van der Waals surface area (Å²) in [5.74, 6) is -0.401. The first kappa shape index (κ1) is 13.2. The third-order valence-electron chi connectivity index (χ3n) is 2.30. The van der Waals surface area contributed by atoms with Crippen LogP contribution in [0, 0.1) is 5.82 Å². The molecule has 4 heteroatoms. The van der Waals surface area contributed by atoms with Gasteiger partial charge in [-0.15, -0.1) is 0 Å². The largest absolute Gasteiger partial charge is 0.342 e. The molecule has 2 nitrogen and oxygen atoms in total. The van der Waals surface area contributed by atoms with Crippen molar-refractivity contribution in [3.05, 3.63) is 35.6 Å². The smallest absolute Gasteiger partial charge is 0.253 e. The molecule has 0 radical (unpaired) electrons. The Balaban J connectivity index is 2.60. The number of nitrogens with zero attached hydrogens (tertiary/aromatic N) is 1. The van der Waals surface area contributed by atoms with Gasteiger partial charge in [0.15, 0.2) is 0 Å². The number of amides is 1. The van der Waals surface area contributed by atoms with Crippen molar-refractivity contribution in [3.63, 3.8) is 0 Å². The zero-order valence-electron chi connectivity index (χ0n) is 9.41. The maximum absolute atomic E-state index is 12.7. The molecular formula is C12H15BrFNO. The third kappa shape index (κ3) is 3.93. The van der Waals surface area contributed by atoms with Crippen molar-refractivity contribution >= 4 is 21.8 Å². The summed E-state index contributed by atoms with van der Waals surface area (Å²) < 4.78 is 12.7. The number of alkyl halides is 1. The second-order valence-corrected chi connectivity index (χ2v) is 5.37. The first-order valence-corrected chi connectivity index (χ1v) is 6.07. The Morgan fingerprint density at radius 2 is 2.00 bits per heavy atom. The van der Waals surface area contributed by atoms with Crippen LogP contribution in [-0.2, 0) is 0 Å². The molecule has 0 aliphatic rings. The molecule has 0 bridgehead atoms. The van der Waals surface area contributed by atoms with E-state index in [1.165, 1.54) is 24.3 Å². The fraction of sp³-hybridized carbons (Fsp3) is 0.417. The summed E-state index contributed by atoms with van der Waals surface area (Å²) in [6.07, 6.45) is 0.892. The van der Waals surface area contributed by atoms with Gasteiger partial charge in [0.25, 0.3) is 5.91 Å². The average molecular weight is 288 g/mol. The van der Waals surface area contributed by atoms with Gasteiger partial charge in [0.2, 0.25) is 0 Å².